The maximum Gasteiger partial charge on any atom is 0.270 e. The van der Waals surface area contributed by atoms with E-state index in [1.54, 1.807) is 13.2 Å². The molecule has 2 heterocycles. The summed E-state index contributed by atoms with van der Waals surface area (Å²) in [5.41, 5.74) is 3.53. The zero-order valence-corrected chi connectivity index (χ0v) is 19.4. The van der Waals surface area contributed by atoms with Gasteiger partial charge >= 0.3 is 0 Å². The van der Waals surface area contributed by atoms with E-state index in [0.717, 1.165) is 24.3 Å². The normalized spacial score (nSPS) is 18.0. The number of anilines is 2. The number of amides is 2. The second-order valence-corrected chi connectivity index (χ2v) is 8.71. The Bertz CT molecular complexity index is 1090. The molecule has 2 aliphatic heterocycles. The predicted molar refractivity (Wildman–Crippen MR) is 131 cm³/mol. The molecule has 6 nitrogen and oxygen atoms in total. The van der Waals surface area contributed by atoms with Gasteiger partial charge in [-0.1, -0.05) is 26.0 Å². The van der Waals surface area contributed by atoms with Crippen molar-refractivity contribution in [1.29, 1.82) is 0 Å². The molecule has 0 bridgehead atoms. The molecule has 2 fully saturated rings. The van der Waals surface area contributed by atoms with Crippen LogP contribution in [0.5, 0.6) is 5.75 Å². The lowest BCUT2D eigenvalue weighted by molar-refractivity contribution is -0.122. The zero-order chi connectivity index (χ0) is 22.8. The summed E-state index contributed by atoms with van der Waals surface area (Å²) in [6, 6.07) is 13.5. The molecule has 0 atom stereocenters. The number of methoxy groups -OCH3 is 1. The van der Waals surface area contributed by atoms with E-state index in [2.05, 4.69) is 24.1 Å². The molecule has 2 aromatic carbocycles. The predicted octanol–water partition coefficient (Wildman–Crippen LogP) is 4.25. The molecule has 32 heavy (non-hydrogen) atoms. The lowest BCUT2D eigenvalue weighted by Crippen LogP contribution is -2.54. The summed E-state index contributed by atoms with van der Waals surface area (Å²) in [6.07, 6.45) is 3.93. The van der Waals surface area contributed by atoms with Crippen molar-refractivity contribution in [3.63, 3.8) is 0 Å². The van der Waals surface area contributed by atoms with Crippen LogP contribution in [0.15, 0.2) is 48.0 Å². The third kappa shape index (κ3) is 4.25. The van der Waals surface area contributed by atoms with Crippen molar-refractivity contribution in [2.75, 3.05) is 30.0 Å². The Labute approximate surface area is 193 Å². The van der Waals surface area contributed by atoms with Crippen LogP contribution in [0, 0.1) is 0 Å². The van der Waals surface area contributed by atoms with E-state index < -0.39 is 11.8 Å². The summed E-state index contributed by atoms with van der Waals surface area (Å²) in [5.74, 6) is 0.0187. The zero-order valence-electron chi connectivity index (χ0n) is 18.6. The molecule has 166 valence electrons. The third-order valence-electron chi connectivity index (χ3n) is 5.91. The first-order chi connectivity index (χ1) is 15.4. The molecule has 2 aliphatic rings. The number of ether oxygens (including phenoxy) is 1. The molecule has 2 amide bonds. The van der Waals surface area contributed by atoms with E-state index in [1.165, 1.54) is 17.7 Å². The monoisotopic (exact) mass is 449 g/mol. The molecule has 0 saturated carbocycles. The summed E-state index contributed by atoms with van der Waals surface area (Å²) in [6.45, 7) is 6.25. The van der Waals surface area contributed by atoms with Gasteiger partial charge in [0, 0.05) is 30.4 Å². The van der Waals surface area contributed by atoms with Gasteiger partial charge in [-0.05, 0) is 66.9 Å². The molecule has 2 saturated heterocycles. The Kier molecular flexibility index (Phi) is 6.28. The number of carbonyl (C=O) groups excluding carboxylic acids is 2. The van der Waals surface area contributed by atoms with Gasteiger partial charge in [0.25, 0.3) is 11.8 Å². The second kappa shape index (κ2) is 9.12. The summed E-state index contributed by atoms with van der Waals surface area (Å²) in [7, 11) is 1.59. The smallest absolute Gasteiger partial charge is 0.270 e. The van der Waals surface area contributed by atoms with E-state index in [-0.39, 0.29) is 10.7 Å². The second-order valence-electron chi connectivity index (χ2n) is 8.32. The van der Waals surface area contributed by atoms with Crippen LogP contribution in [-0.2, 0) is 9.59 Å². The van der Waals surface area contributed by atoms with Crippen molar-refractivity contribution in [2.24, 2.45) is 0 Å². The highest BCUT2D eigenvalue weighted by Gasteiger charge is 2.34. The van der Waals surface area contributed by atoms with Crippen LogP contribution in [0.1, 0.15) is 43.7 Å². The minimum absolute atomic E-state index is 0.0127. The Morgan fingerprint density at radius 1 is 1.03 bits per heavy atom. The highest BCUT2D eigenvalue weighted by atomic mass is 32.1. The van der Waals surface area contributed by atoms with Crippen LogP contribution in [0.4, 0.5) is 11.4 Å². The molecule has 0 radical (unpaired) electrons. The number of thiocarbonyl (C=S) groups is 1. The number of hydrogen-bond donors (Lipinski definition) is 1. The fourth-order valence-corrected chi connectivity index (χ4v) is 4.33. The molecule has 1 N–H and O–H groups in total. The van der Waals surface area contributed by atoms with Crippen LogP contribution >= 0.6 is 12.2 Å². The largest absolute Gasteiger partial charge is 0.496 e. The van der Waals surface area contributed by atoms with E-state index in [1.807, 2.05) is 42.5 Å². The number of nitrogens with one attached hydrogen (secondary N) is 1. The van der Waals surface area contributed by atoms with E-state index in [9.17, 15) is 9.59 Å². The van der Waals surface area contributed by atoms with Crippen molar-refractivity contribution < 1.29 is 14.3 Å². The van der Waals surface area contributed by atoms with Crippen LogP contribution in [-0.4, -0.2) is 37.1 Å². The Morgan fingerprint density at radius 2 is 1.69 bits per heavy atom. The third-order valence-corrected chi connectivity index (χ3v) is 6.19. The van der Waals surface area contributed by atoms with E-state index in [0.29, 0.717) is 22.9 Å². The average molecular weight is 450 g/mol. The summed E-state index contributed by atoms with van der Waals surface area (Å²) >= 11 is 5.31. The van der Waals surface area contributed by atoms with Crippen LogP contribution in [0.3, 0.4) is 0 Å². The first-order valence-electron chi connectivity index (χ1n) is 10.8. The molecule has 0 aromatic heterocycles. The highest BCUT2D eigenvalue weighted by Crippen LogP contribution is 2.31. The van der Waals surface area contributed by atoms with Crippen LogP contribution in [0.25, 0.3) is 6.08 Å². The molecule has 2 aromatic rings. The molecule has 0 aliphatic carbocycles. The lowest BCUT2D eigenvalue weighted by atomic mass is 10.0. The minimum Gasteiger partial charge on any atom is -0.496 e. The van der Waals surface area contributed by atoms with Crippen LogP contribution in [0.2, 0.25) is 0 Å². The van der Waals surface area contributed by atoms with Gasteiger partial charge in [0.05, 0.1) is 12.8 Å². The fraction of sp³-hybridized carbons (Fsp3) is 0.320. The maximum absolute atomic E-state index is 13.3. The lowest BCUT2D eigenvalue weighted by Gasteiger charge is -2.29. The Morgan fingerprint density at radius 3 is 2.31 bits per heavy atom. The molecule has 7 heteroatoms. The SMILES string of the molecule is COc1cc(N2CCCC2)ccc1/C=C1\C(=O)NC(=S)N(c2ccc(C(C)C)cc2)C1=O. The Balaban J connectivity index is 1.67. The summed E-state index contributed by atoms with van der Waals surface area (Å²) < 4.78 is 5.57. The van der Waals surface area contributed by atoms with Crippen molar-refractivity contribution >= 4 is 46.6 Å². The Hall–Kier alpha value is -3.19. The summed E-state index contributed by atoms with van der Waals surface area (Å²) in [4.78, 5) is 29.6. The van der Waals surface area contributed by atoms with Crippen LogP contribution < -0.4 is 19.9 Å². The van der Waals surface area contributed by atoms with Crippen molar-refractivity contribution in [1.82, 2.24) is 5.32 Å². The number of hydrogen-bond acceptors (Lipinski definition) is 5. The van der Waals surface area contributed by atoms with Crippen molar-refractivity contribution in [2.45, 2.75) is 32.6 Å². The average Bonchev–Trinajstić information content (AvgIpc) is 3.32. The summed E-state index contributed by atoms with van der Waals surface area (Å²) in [5, 5.41) is 2.71. The van der Waals surface area contributed by atoms with Gasteiger partial charge in [-0.15, -0.1) is 0 Å². The number of rotatable bonds is 5. The fourth-order valence-electron chi connectivity index (χ4n) is 4.05. The molecule has 4 rings (SSSR count). The molecular formula is C25H27N3O3S. The van der Waals surface area contributed by atoms with Gasteiger partial charge in [-0.25, -0.2) is 0 Å². The van der Waals surface area contributed by atoms with Gasteiger partial charge in [0.1, 0.15) is 11.3 Å². The van der Waals surface area contributed by atoms with Gasteiger partial charge in [0.2, 0.25) is 0 Å². The highest BCUT2D eigenvalue weighted by molar-refractivity contribution is 7.80. The molecule has 0 spiro atoms. The maximum atomic E-state index is 13.3. The van der Waals surface area contributed by atoms with E-state index >= 15 is 0 Å². The van der Waals surface area contributed by atoms with Crippen molar-refractivity contribution in [3.05, 3.63) is 59.2 Å². The minimum atomic E-state index is -0.513. The number of nitrogens with zero attached hydrogens (tertiary/aromatic N) is 2. The molecule has 0 unspecified atom stereocenters. The van der Waals surface area contributed by atoms with Gasteiger partial charge in [-0.2, -0.15) is 0 Å². The van der Waals surface area contributed by atoms with E-state index in [4.69, 9.17) is 17.0 Å². The standard InChI is InChI=1S/C25H27N3O3S/c1-16(2)17-6-9-19(10-7-17)28-24(30)21(23(29)26-25(28)32)14-18-8-11-20(15-22(18)31-3)27-12-4-5-13-27/h6-11,14-16H,4-5,12-13H2,1-3H3,(H,26,29,32)/b21-14+. The van der Waals surface area contributed by atoms with Gasteiger partial charge in [0.15, 0.2) is 5.11 Å². The van der Waals surface area contributed by atoms with Crippen molar-refractivity contribution in [3.8, 4) is 5.75 Å². The number of carbonyl (C=O) groups is 2. The van der Waals surface area contributed by atoms with Gasteiger partial charge in [-0.3, -0.25) is 19.8 Å². The number of benzene rings is 2. The topological polar surface area (TPSA) is 61.9 Å². The first kappa shape index (κ1) is 22.0. The quantitative estimate of drug-likeness (QED) is 0.420. The first-order valence-corrected chi connectivity index (χ1v) is 11.2. The molecular weight excluding hydrogens is 422 g/mol. The van der Waals surface area contributed by atoms with Gasteiger partial charge < -0.3 is 9.64 Å².